The lowest BCUT2D eigenvalue weighted by Gasteiger charge is -2.24. The van der Waals surface area contributed by atoms with E-state index < -0.39 is 4.32 Å². The fourth-order valence-corrected chi connectivity index (χ4v) is 1.59. The number of benzene rings is 1. The molecule has 0 saturated heterocycles. The molecule has 0 unspecified atom stereocenters. The molecule has 0 N–H and O–H groups in total. The van der Waals surface area contributed by atoms with Gasteiger partial charge in [-0.2, -0.15) is 0 Å². The van der Waals surface area contributed by atoms with E-state index in [2.05, 4.69) is 15.9 Å². The predicted molar refractivity (Wildman–Crippen MR) is 69.4 cm³/mol. The number of hydrogen-bond acceptors (Lipinski definition) is 2. The molecule has 0 atom stereocenters. The summed E-state index contributed by atoms with van der Waals surface area (Å²) in [6, 6.07) is 7.38. The van der Waals surface area contributed by atoms with Crippen LogP contribution in [0.5, 0.6) is 5.75 Å². The second-order valence-electron chi connectivity index (χ2n) is 4.03. The van der Waals surface area contributed by atoms with Gasteiger partial charge in [0.1, 0.15) is 5.75 Å². The Bertz CT molecular complexity index is 368. The molecule has 0 fully saturated rings. The van der Waals surface area contributed by atoms with Crippen LogP contribution in [-0.4, -0.2) is 24.4 Å². The molecule has 4 heteroatoms. The van der Waals surface area contributed by atoms with Crippen LogP contribution in [0.2, 0.25) is 0 Å². The van der Waals surface area contributed by atoms with Gasteiger partial charge in [0, 0.05) is 12.7 Å². The van der Waals surface area contributed by atoms with E-state index in [0.717, 1.165) is 11.4 Å². The molecule has 0 spiro atoms. The second kappa shape index (κ2) is 4.87. The summed E-state index contributed by atoms with van der Waals surface area (Å²) in [6.45, 7) is 3.66. The fourth-order valence-electron chi connectivity index (χ4n) is 1.32. The molecule has 0 radical (unpaired) electrons. The third-order valence-electron chi connectivity index (χ3n) is 2.27. The van der Waals surface area contributed by atoms with Gasteiger partial charge in [0.05, 0.1) is 11.4 Å². The Kier molecular flexibility index (Phi) is 3.97. The molecule has 88 valence electrons. The zero-order valence-electron chi connectivity index (χ0n) is 9.95. The third-order valence-corrected chi connectivity index (χ3v) is 2.61. The van der Waals surface area contributed by atoms with Crippen molar-refractivity contribution in [2.45, 2.75) is 18.2 Å². The minimum Gasteiger partial charge on any atom is -0.497 e. The van der Waals surface area contributed by atoms with Gasteiger partial charge in [0.25, 0.3) is 0 Å². The highest BCUT2D eigenvalue weighted by molar-refractivity contribution is 9.10. The van der Waals surface area contributed by atoms with Gasteiger partial charge in [0.2, 0.25) is 5.91 Å². The van der Waals surface area contributed by atoms with Gasteiger partial charge in [-0.05, 0) is 38.1 Å². The standard InChI is InChI=1S/C12H16BrNO2/c1-12(2,13)11(15)14(3)9-5-7-10(16-4)8-6-9/h5-8H,1-4H3. The van der Waals surface area contributed by atoms with E-state index >= 15 is 0 Å². The molecule has 1 aromatic rings. The smallest absolute Gasteiger partial charge is 0.243 e. The number of methoxy groups -OCH3 is 1. The predicted octanol–water partition coefficient (Wildman–Crippen LogP) is 2.83. The summed E-state index contributed by atoms with van der Waals surface area (Å²) in [5, 5.41) is 0. The molecule has 0 aliphatic heterocycles. The van der Waals surface area contributed by atoms with Crippen molar-refractivity contribution in [3.8, 4) is 5.75 Å². The van der Waals surface area contributed by atoms with Crippen molar-refractivity contribution in [1.82, 2.24) is 0 Å². The number of anilines is 1. The Morgan fingerprint density at radius 1 is 1.31 bits per heavy atom. The van der Waals surface area contributed by atoms with Crippen LogP contribution in [0.4, 0.5) is 5.69 Å². The summed E-state index contributed by atoms with van der Waals surface area (Å²) in [7, 11) is 3.37. The maximum atomic E-state index is 12.0. The van der Waals surface area contributed by atoms with Crippen LogP contribution in [0.3, 0.4) is 0 Å². The van der Waals surface area contributed by atoms with Gasteiger partial charge in [0.15, 0.2) is 0 Å². The van der Waals surface area contributed by atoms with Crippen molar-refractivity contribution in [3.63, 3.8) is 0 Å². The van der Waals surface area contributed by atoms with Crippen molar-refractivity contribution in [3.05, 3.63) is 24.3 Å². The minimum atomic E-state index is -0.554. The van der Waals surface area contributed by atoms with Gasteiger partial charge in [-0.15, -0.1) is 0 Å². The van der Waals surface area contributed by atoms with Crippen molar-refractivity contribution < 1.29 is 9.53 Å². The third kappa shape index (κ3) is 2.98. The highest BCUT2D eigenvalue weighted by Gasteiger charge is 2.27. The van der Waals surface area contributed by atoms with E-state index in [1.165, 1.54) is 0 Å². The number of halogens is 1. The summed E-state index contributed by atoms with van der Waals surface area (Å²) in [6.07, 6.45) is 0. The molecular weight excluding hydrogens is 270 g/mol. The van der Waals surface area contributed by atoms with Gasteiger partial charge >= 0.3 is 0 Å². The van der Waals surface area contributed by atoms with E-state index in [0.29, 0.717) is 0 Å². The molecule has 3 nitrogen and oxygen atoms in total. The zero-order valence-corrected chi connectivity index (χ0v) is 11.5. The molecule has 0 heterocycles. The number of carbonyl (C=O) groups excluding carboxylic acids is 1. The summed E-state index contributed by atoms with van der Waals surface area (Å²) in [4.78, 5) is 13.6. The molecule has 0 saturated carbocycles. The van der Waals surface area contributed by atoms with E-state index in [1.54, 1.807) is 19.1 Å². The molecule has 16 heavy (non-hydrogen) atoms. The van der Waals surface area contributed by atoms with Crippen LogP contribution >= 0.6 is 15.9 Å². The Morgan fingerprint density at radius 2 is 1.81 bits per heavy atom. The van der Waals surface area contributed by atoms with Crippen LogP contribution in [0.1, 0.15) is 13.8 Å². The maximum absolute atomic E-state index is 12.0. The quantitative estimate of drug-likeness (QED) is 0.800. The SMILES string of the molecule is COc1ccc(N(C)C(=O)C(C)(C)Br)cc1. The average Bonchev–Trinajstić information content (AvgIpc) is 2.26. The lowest BCUT2D eigenvalue weighted by Crippen LogP contribution is -2.39. The Hall–Kier alpha value is -1.03. The van der Waals surface area contributed by atoms with E-state index in [-0.39, 0.29) is 5.91 Å². The molecule has 0 aromatic heterocycles. The molecule has 1 amide bonds. The summed E-state index contributed by atoms with van der Waals surface area (Å²) in [5.74, 6) is 0.792. The Balaban J connectivity index is 2.88. The van der Waals surface area contributed by atoms with Gasteiger partial charge < -0.3 is 9.64 Å². The number of amides is 1. The number of ether oxygens (including phenoxy) is 1. The van der Waals surface area contributed by atoms with E-state index in [4.69, 9.17) is 4.74 Å². The topological polar surface area (TPSA) is 29.5 Å². The van der Waals surface area contributed by atoms with Crippen LogP contribution in [0, 0.1) is 0 Å². The molecule has 0 aliphatic carbocycles. The minimum absolute atomic E-state index is 0.0117. The van der Waals surface area contributed by atoms with Gasteiger partial charge in [-0.25, -0.2) is 0 Å². The monoisotopic (exact) mass is 285 g/mol. The van der Waals surface area contributed by atoms with Crippen molar-refractivity contribution in [2.75, 3.05) is 19.1 Å². The molecule has 0 aliphatic rings. The first kappa shape index (κ1) is 13.0. The summed E-state index contributed by atoms with van der Waals surface area (Å²) < 4.78 is 4.51. The van der Waals surface area contributed by atoms with Crippen LogP contribution in [0.25, 0.3) is 0 Å². The first-order valence-electron chi connectivity index (χ1n) is 4.97. The first-order valence-corrected chi connectivity index (χ1v) is 5.76. The van der Waals surface area contributed by atoms with E-state index in [9.17, 15) is 4.79 Å². The molecular formula is C12H16BrNO2. The first-order chi connectivity index (χ1) is 7.36. The van der Waals surface area contributed by atoms with Crippen LogP contribution in [-0.2, 0) is 4.79 Å². The second-order valence-corrected chi connectivity index (χ2v) is 6.02. The van der Waals surface area contributed by atoms with Gasteiger partial charge in [-0.3, -0.25) is 4.79 Å². The normalized spacial score (nSPS) is 11.1. The Morgan fingerprint density at radius 3 is 2.19 bits per heavy atom. The highest BCUT2D eigenvalue weighted by atomic mass is 79.9. The number of alkyl halides is 1. The van der Waals surface area contributed by atoms with Crippen molar-refractivity contribution in [1.29, 1.82) is 0 Å². The Labute approximate surface area is 105 Å². The summed E-state index contributed by atoms with van der Waals surface area (Å²) >= 11 is 3.35. The van der Waals surface area contributed by atoms with Crippen LogP contribution < -0.4 is 9.64 Å². The molecule has 1 rings (SSSR count). The van der Waals surface area contributed by atoms with Crippen molar-refractivity contribution in [2.24, 2.45) is 0 Å². The summed E-state index contributed by atoms with van der Waals surface area (Å²) in [5.41, 5.74) is 0.846. The number of rotatable bonds is 3. The largest absolute Gasteiger partial charge is 0.497 e. The number of carbonyl (C=O) groups is 1. The lowest BCUT2D eigenvalue weighted by atomic mass is 10.1. The highest BCUT2D eigenvalue weighted by Crippen LogP contribution is 2.24. The van der Waals surface area contributed by atoms with Crippen molar-refractivity contribution >= 4 is 27.5 Å². The fraction of sp³-hybridized carbons (Fsp3) is 0.417. The maximum Gasteiger partial charge on any atom is 0.243 e. The molecule has 0 bridgehead atoms. The lowest BCUT2D eigenvalue weighted by molar-refractivity contribution is -0.119. The average molecular weight is 286 g/mol. The van der Waals surface area contributed by atoms with Gasteiger partial charge in [-0.1, -0.05) is 15.9 Å². The number of nitrogens with zero attached hydrogens (tertiary/aromatic N) is 1. The zero-order chi connectivity index (χ0) is 12.3. The molecule has 1 aromatic carbocycles. The van der Waals surface area contributed by atoms with Crippen LogP contribution in [0.15, 0.2) is 24.3 Å². The van der Waals surface area contributed by atoms with E-state index in [1.807, 2.05) is 38.1 Å². The number of hydrogen-bond donors (Lipinski definition) is 0.